The number of halogens is 2. The van der Waals surface area contributed by atoms with Crippen LogP contribution in [0.15, 0.2) is 18.3 Å². The van der Waals surface area contributed by atoms with Gasteiger partial charge < -0.3 is 5.73 Å². The maximum Gasteiger partial charge on any atom is 0.164 e. The minimum Gasteiger partial charge on any atom is -0.384 e. The molecule has 0 aliphatic rings. The number of rotatable bonds is 3. The molecule has 102 valence electrons. The molecule has 7 heteroatoms. The maximum absolute atomic E-state index is 14.0. The summed E-state index contributed by atoms with van der Waals surface area (Å²) in [4.78, 5) is 0. The van der Waals surface area contributed by atoms with E-state index in [1.54, 1.807) is 7.05 Å². The first-order valence-corrected chi connectivity index (χ1v) is 5.65. The monoisotopic (exact) mass is 267 g/mol. The summed E-state index contributed by atoms with van der Waals surface area (Å²) < 4.78 is 29.0. The molecule has 0 bridgehead atoms. The minimum atomic E-state index is -0.939. The standard InChI is InChI=1S/C12H15F2N5/c1-6-3-4-7(10(14)9(6)13)11(18-16)8-5-17-19(2)12(8)15/h3-5,11,18H,15-16H2,1-2H3. The zero-order chi connectivity index (χ0) is 14.2. The summed E-state index contributed by atoms with van der Waals surface area (Å²) in [7, 11) is 1.65. The SMILES string of the molecule is Cc1ccc(C(NN)c2cnn(C)c2N)c(F)c1F. The molecule has 1 atom stereocenters. The van der Waals surface area contributed by atoms with E-state index in [0.29, 0.717) is 11.4 Å². The third kappa shape index (κ3) is 2.18. The number of hydrazine groups is 1. The number of aryl methyl sites for hydroxylation is 2. The highest BCUT2D eigenvalue weighted by atomic mass is 19.2. The molecule has 0 fully saturated rings. The van der Waals surface area contributed by atoms with Gasteiger partial charge in [0, 0.05) is 18.2 Å². The third-order valence-corrected chi connectivity index (χ3v) is 3.11. The van der Waals surface area contributed by atoms with Gasteiger partial charge in [-0.15, -0.1) is 0 Å². The predicted octanol–water partition coefficient (Wildman–Crippen LogP) is 1.14. The predicted molar refractivity (Wildman–Crippen MR) is 67.9 cm³/mol. The minimum absolute atomic E-state index is 0.0882. The van der Waals surface area contributed by atoms with Crippen LogP contribution >= 0.6 is 0 Å². The number of nitrogen functional groups attached to an aromatic ring is 1. The summed E-state index contributed by atoms with van der Waals surface area (Å²) in [5.74, 6) is 3.95. The molecule has 5 N–H and O–H groups in total. The molecule has 0 saturated heterocycles. The first-order valence-electron chi connectivity index (χ1n) is 5.65. The van der Waals surface area contributed by atoms with Crippen molar-refractivity contribution in [3.63, 3.8) is 0 Å². The topological polar surface area (TPSA) is 81.9 Å². The van der Waals surface area contributed by atoms with Crippen LogP contribution in [0.25, 0.3) is 0 Å². The summed E-state index contributed by atoms with van der Waals surface area (Å²) in [6.45, 7) is 1.49. The second kappa shape index (κ2) is 4.94. The molecule has 0 aliphatic carbocycles. The number of nitrogens with zero attached hydrogens (tertiary/aromatic N) is 2. The molecule has 1 heterocycles. The van der Waals surface area contributed by atoms with Gasteiger partial charge in [-0.2, -0.15) is 5.10 Å². The summed E-state index contributed by atoms with van der Waals surface area (Å²) in [5, 5.41) is 3.96. The molecule has 1 aromatic heterocycles. The van der Waals surface area contributed by atoms with Crippen molar-refractivity contribution >= 4 is 5.82 Å². The van der Waals surface area contributed by atoms with Gasteiger partial charge in [-0.05, 0) is 12.5 Å². The van der Waals surface area contributed by atoms with Gasteiger partial charge in [-0.3, -0.25) is 10.5 Å². The Morgan fingerprint density at radius 2 is 1.95 bits per heavy atom. The Hall–Kier alpha value is -1.99. The van der Waals surface area contributed by atoms with Crippen molar-refractivity contribution in [3.05, 3.63) is 46.7 Å². The van der Waals surface area contributed by atoms with Crippen LogP contribution in [-0.2, 0) is 7.05 Å². The van der Waals surface area contributed by atoms with E-state index in [4.69, 9.17) is 11.6 Å². The Morgan fingerprint density at radius 1 is 1.26 bits per heavy atom. The number of nitrogens with one attached hydrogen (secondary N) is 1. The lowest BCUT2D eigenvalue weighted by molar-refractivity contribution is 0.479. The van der Waals surface area contributed by atoms with Gasteiger partial charge in [0.25, 0.3) is 0 Å². The Kier molecular flexibility index (Phi) is 3.50. The first-order chi connectivity index (χ1) is 8.97. The summed E-state index contributed by atoms with van der Waals surface area (Å²) >= 11 is 0. The Morgan fingerprint density at radius 3 is 2.47 bits per heavy atom. The van der Waals surface area contributed by atoms with Gasteiger partial charge in [0.15, 0.2) is 11.6 Å². The van der Waals surface area contributed by atoms with Crippen LogP contribution in [0, 0.1) is 18.6 Å². The largest absolute Gasteiger partial charge is 0.384 e. The van der Waals surface area contributed by atoms with E-state index in [1.807, 2.05) is 0 Å². The fourth-order valence-electron chi connectivity index (χ4n) is 1.92. The second-order valence-corrected chi connectivity index (χ2v) is 4.31. The van der Waals surface area contributed by atoms with Crippen molar-refractivity contribution < 1.29 is 8.78 Å². The van der Waals surface area contributed by atoms with Gasteiger partial charge in [0.2, 0.25) is 0 Å². The van der Waals surface area contributed by atoms with E-state index in [9.17, 15) is 8.78 Å². The highest BCUT2D eigenvalue weighted by Gasteiger charge is 2.23. The van der Waals surface area contributed by atoms with Gasteiger partial charge in [-0.25, -0.2) is 14.2 Å². The van der Waals surface area contributed by atoms with E-state index >= 15 is 0 Å². The number of nitrogens with two attached hydrogens (primary N) is 2. The van der Waals surface area contributed by atoms with Crippen molar-refractivity contribution in [3.8, 4) is 0 Å². The quantitative estimate of drug-likeness (QED) is 0.575. The van der Waals surface area contributed by atoms with Crippen LogP contribution in [0.3, 0.4) is 0 Å². The van der Waals surface area contributed by atoms with Gasteiger partial charge in [0.05, 0.1) is 12.2 Å². The average Bonchev–Trinajstić information content (AvgIpc) is 2.72. The van der Waals surface area contributed by atoms with Gasteiger partial charge in [0.1, 0.15) is 5.82 Å². The highest BCUT2D eigenvalue weighted by Crippen LogP contribution is 2.29. The molecule has 2 aromatic rings. The van der Waals surface area contributed by atoms with Crippen LogP contribution in [0.4, 0.5) is 14.6 Å². The molecular weight excluding hydrogens is 252 g/mol. The van der Waals surface area contributed by atoms with Crippen LogP contribution in [0.1, 0.15) is 22.7 Å². The fourth-order valence-corrected chi connectivity index (χ4v) is 1.92. The lowest BCUT2D eigenvalue weighted by atomic mass is 9.99. The van der Waals surface area contributed by atoms with Crippen molar-refractivity contribution in [1.29, 1.82) is 0 Å². The summed E-state index contributed by atoms with van der Waals surface area (Å²) in [5.41, 5.74) is 9.07. The fraction of sp³-hybridized carbons (Fsp3) is 0.250. The van der Waals surface area contributed by atoms with Crippen molar-refractivity contribution in [2.24, 2.45) is 12.9 Å². The number of anilines is 1. The summed E-state index contributed by atoms with van der Waals surface area (Å²) in [6, 6.07) is 2.21. The van der Waals surface area contributed by atoms with Crippen molar-refractivity contribution in [2.75, 3.05) is 5.73 Å². The molecule has 0 amide bonds. The van der Waals surface area contributed by atoms with Gasteiger partial charge >= 0.3 is 0 Å². The smallest absolute Gasteiger partial charge is 0.164 e. The van der Waals surface area contributed by atoms with E-state index in [-0.39, 0.29) is 11.1 Å². The van der Waals surface area contributed by atoms with E-state index in [1.165, 1.54) is 29.9 Å². The molecule has 0 aliphatic heterocycles. The Bertz CT molecular complexity index is 608. The number of benzene rings is 1. The first kappa shape index (κ1) is 13.4. The summed E-state index contributed by atoms with van der Waals surface area (Å²) in [6.07, 6.45) is 1.47. The molecule has 2 rings (SSSR count). The van der Waals surface area contributed by atoms with Crippen LogP contribution in [0.5, 0.6) is 0 Å². The molecule has 0 radical (unpaired) electrons. The normalized spacial score (nSPS) is 12.7. The third-order valence-electron chi connectivity index (χ3n) is 3.11. The molecule has 0 saturated carbocycles. The van der Waals surface area contributed by atoms with E-state index in [2.05, 4.69) is 10.5 Å². The van der Waals surface area contributed by atoms with Gasteiger partial charge in [-0.1, -0.05) is 12.1 Å². The number of hydrogen-bond donors (Lipinski definition) is 3. The average molecular weight is 267 g/mol. The molecule has 1 aromatic carbocycles. The van der Waals surface area contributed by atoms with Crippen molar-refractivity contribution in [1.82, 2.24) is 15.2 Å². The van der Waals surface area contributed by atoms with Crippen molar-refractivity contribution in [2.45, 2.75) is 13.0 Å². The molecule has 1 unspecified atom stereocenters. The zero-order valence-corrected chi connectivity index (χ0v) is 10.6. The van der Waals surface area contributed by atoms with Crippen LogP contribution < -0.4 is 17.0 Å². The molecule has 19 heavy (non-hydrogen) atoms. The lowest BCUT2D eigenvalue weighted by Crippen LogP contribution is -2.30. The molecular formula is C12H15F2N5. The van der Waals surface area contributed by atoms with Crippen LogP contribution in [-0.4, -0.2) is 9.78 Å². The van der Waals surface area contributed by atoms with Crippen LogP contribution in [0.2, 0.25) is 0 Å². The second-order valence-electron chi connectivity index (χ2n) is 4.31. The number of hydrogen-bond acceptors (Lipinski definition) is 4. The molecule has 5 nitrogen and oxygen atoms in total. The van der Waals surface area contributed by atoms with E-state index < -0.39 is 17.7 Å². The molecule has 0 spiro atoms. The van der Waals surface area contributed by atoms with E-state index in [0.717, 1.165) is 0 Å². The number of aromatic nitrogens is 2. The highest BCUT2D eigenvalue weighted by molar-refractivity contribution is 5.46. The Labute approximate surface area is 109 Å². The maximum atomic E-state index is 14.0. The zero-order valence-electron chi connectivity index (χ0n) is 10.6. The Balaban J connectivity index is 2.55. The lowest BCUT2D eigenvalue weighted by Gasteiger charge is -2.17.